The van der Waals surface area contributed by atoms with E-state index in [2.05, 4.69) is 15.8 Å². The Morgan fingerprint density at radius 3 is 2.52 bits per heavy atom. The highest BCUT2D eigenvalue weighted by Gasteiger charge is 2.40. The largest absolute Gasteiger partial charge is 0.287 e. The Morgan fingerprint density at radius 1 is 1.12 bits per heavy atom. The van der Waals surface area contributed by atoms with Crippen LogP contribution in [-0.4, -0.2) is 28.7 Å². The molecule has 1 aliphatic heterocycles. The number of carbonyl (C=O) groups is 3. The van der Waals surface area contributed by atoms with E-state index in [1.165, 1.54) is 24.5 Å². The molecule has 25 heavy (non-hydrogen) atoms. The first kappa shape index (κ1) is 16.7. The predicted molar refractivity (Wildman–Crippen MR) is 82.1 cm³/mol. The Kier molecular flexibility index (Phi) is 4.48. The predicted octanol–water partition coefficient (Wildman–Crippen LogP) is 0.926. The standard InChI is InChI=1S/C16H12F2N4O3/c17-11-2-1-10(7-12(11)18)22-14(23)8-13(16(22)25)20-21-15(24)9-3-5-19-6-4-9/h1-7,13,20H,8H2,(H,21,24). The topological polar surface area (TPSA) is 91.4 Å². The number of nitrogens with one attached hydrogen (secondary N) is 2. The van der Waals surface area contributed by atoms with Gasteiger partial charge in [0, 0.05) is 24.0 Å². The first-order valence-corrected chi connectivity index (χ1v) is 7.25. The second-order valence-corrected chi connectivity index (χ2v) is 5.26. The van der Waals surface area contributed by atoms with E-state index in [9.17, 15) is 23.2 Å². The van der Waals surface area contributed by atoms with Crippen molar-refractivity contribution >= 4 is 23.4 Å². The SMILES string of the molecule is O=C(NNC1CC(=O)N(c2ccc(F)c(F)c2)C1=O)c1ccncc1. The summed E-state index contributed by atoms with van der Waals surface area (Å²) < 4.78 is 26.3. The van der Waals surface area contributed by atoms with Gasteiger partial charge in [-0.15, -0.1) is 0 Å². The molecule has 0 spiro atoms. The van der Waals surface area contributed by atoms with Crippen LogP contribution in [0.3, 0.4) is 0 Å². The summed E-state index contributed by atoms with van der Waals surface area (Å²) in [5.41, 5.74) is 5.07. The van der Waals surface area contributed by atoms with Gasteiger partial charge in [-0.3, -0.25) is 24.8 Å². The van der Waals surface area contributed by atoms with E-state index in [4.69, 9.17) is 0 Å². The lowest BCUT2D eigenvalue weighted by molar-refractivity contribution is -0.121. The molecule has 7 nitrogen and oxygen atoms in total. The molecule has 3 amide bonds. The number of carbonyl (C=O) groups excluding carboxylic acids is 3. The number of imide groups is 1. The van der Waals surface area contributed by atoms with Crippen molar-refractivity contribution in [1.29, 1.82) is 0 Å². The summed E-state index contributed by atoms with van der Waals surface area (Å²) in [5, 5.41) is 0. The minimum atomic E-state index is -1.17. The Balaban J connectivity index is 1.69. The van der Waals surface area contributed by atoms with Crippen LogP contribution in [0, 0.1) is 11.6 Å². The molecule has 1 fully saturated rings. The van der Waals surface area contributed by atoms with E-state index in [1.54, 1.807) is 0 Å². The number of benzene rings is 1. The fourth-order valence-electron chi connectivity index (χ4n) is 2.37. The van der Waals surface area contributed by atoms with Crippen molar-refractivity contribution in [1.82, 2.24) is 15.8 Å². The van der Waals surface area contributed by atoms with Crippen LogP contribution in [0.1, 0.15) is 16.8 Å². The maximum absolute atomic E-state index is 13.3. The first-order chi connectivity index (χ1) is 12.0. The van der Waals surface area contributed by atoms with Gasteiger partial charge in [0.25, 0.3) is 11.8 Å². The van der Waals surface area contributed by atoms with Gasteiger partial charge in [-0.2, -0.15) is 0 Å². The van der Waals surface area contributed by atoms with Crippen molar-refractivity contribution in [3.8, 4) is 0 Å². The van der Waals surface area contributed by atoms with Crippen molar-refractivity contribution < 1.29 is 23.2 Å². The van der Waals surface area contributed by atoms with Gasteiger partial charge in [-0.1, -0.05) is 0 Å². The third-order valence-corrected chi connectivity index (χ3v) is 3.61. The van der Waals surface area contributed by atoms with Crippen LogP contribution in [0.15, 0.2) is 42.7 Å². The van der Waals surface area contributed by atoms with Crippen molar-refractivity contribution in [2.75, 3.05) is 4.90 Å². The molecular weight excluding hydrogens is 334 g/mol. The van der Waals surface area contributed by atoms with Crippen molar-refractivity contribution in [2.24, 2.45) is 0 Å². The van der Waals surface area contributed by atoms with Gasteiger partial charge in [0.15, 0.2) is 11.6 Å². The lowest BCUT2D eigenvalue weighted by Crippen LogP contribution is -2.48. The summed E-state index contributed by atoms with van der Waals surface area (Å²) in [6, 6.07) is 4.68. The Bertz CT molecular complexity index is 845. The molecule has 1 aromatic heterocycles. The first-order valence-electron chi connectivity index (χ1n) is 7.25. The monoisotopic (exact) mass is 346 g/mol. The number of amides is 3. The summed E-state index contributed by atoms with van der Waals surface area (Å²) in [6.45, 7) is 0. The average Bonchev–Trinajstić information content (AvgIpc) is 2.90. The zero-order chi connectivity index (χ0) is 18.0. The molecule has 2 N–H and O–H groups in total. The van der Waals surface area contributed by atoms with Crippen molar-refractivity contribution in [3.63, 3.8) is 0 Å². The Labute approximate surface area is 140 Å². The summed E-state index contributed by atoms with van der Waals surface area (Å²) in [7, 11) is 0. The van der Waals surface area contributed by atoms with E-state index in [0.29, 0.717) is 5.56 Å². The van der Waals surface area contributed by atoms with Gasteiger partial charge in [0.2, 0.25) is 5.91 Å². The number of hydrogen-bond donors (Lipinski definition) is 2. The van der Waals surface area contributed by atoms with Gasteiger partial charge in [-0.25, -0.2) is 19.1 Å². The number of halogens is 2. The number of pyridine rings is 1. The van der Waals surface area contributed by atoms with Gasteiger partial charge in [-0.05, 0) is 24.3 Å². The van der Waals surface area contributed by atoms with Crippen molar-refractivity contribution in [2.45, 2.75) is 12.5 Å². The van der Waals surface area contributed by atoms with Crippen LogP contribution in [0.4, 0.5) is 14.5 Å². The highest BCUT2D eigenvalue weighted by Crippen LogP contribution is 2.24. The van der Waals surface area contributed by atoms with E-state index in [0.717, 1.165) is 23.1 Å². The zero-order valence-corrected chi connectivity index (χ0v) is 12.7. The zero-order valence-electron chi connectivity index (χ0n) is 12.7. The Hall–Kier alpha value is -3.20. The average molecular weight is 346 g/mol. The van der Waals surface area contributed by atoms with E-state index in [-0.39, 0.29) is 12.1 Å². The maximum atomic E-state index is 13.3. The maximum Gasteiger partial charge on any atom is 0.265 e. The van der Waals surface area contributed by atoms with Gasteiger partial charge < -0.3 is 0 Å². The molecular formula is C16H12F2N4O3. The van der Waals surface area contributed by atoms with Crippen molar-refractivity contribution in [3.05, 3.63) is 59.9 Å². The number of hydrogen-bond acceptors (Lipinski definition) is 5. The lowest BCUT2D eigenvalue weighted by Gasteiger charge is -2.16. The molecule has 0 saturated carbocycles. The highest BCUT2D eigenvalue weighted by atomic mass is 19.2. The summed E-state index contributed by atoms with van der Waals surface area (Å²) in [4.78, 5) is 40.8. The third kappa shape index (κ3) is 3.36. The highest BCUT2D eigenvalue weighted by molar-refractivity contribution is 6.22. The van der Waals surface area contributed by atoms with E-state index >= 15 is 0 Å². The fraction of sp³-hybridized carbons (Fsp3) is 0.125. The van der Waals surface area contributed by atoms with Gasteiger partial charge in [0.1, 0.15) is 6.04 Å². The van der Waals surface area contributed by atoms with Crippen LogP contribution in [0.5, 0.6) is 0 Å². The molecule has 3 rings (SSSR count). The normalized spacial score (nSPS) is 17.0. The molecule has 2 aromatic rings. The number of anilines is 1. The molecule has 1 aromatic carbocycles. The molecule has 1 aliphatic rings. The molecule has 1 saturated heterocycles. The Morgan fingerprint density at radius 2 is 1.84 bits per heavy atom. The molecule has 1 atom stereocenters. The van der Waals surface area contributed by atoms with Crippen LogP contribution >= 0.6 is 0 Å². The van der Waals surface area contributed by atoms with Crippen LogP contribution in [-0.2, 0) is 9.59 Å². The molecule has 0 aliphatic carbocycles. The molecule has 0 bridgehead atoms. The minimum Gasteiger partial charge on any atom is -0.287 e. The summed E-state index contributed by atoms with van der Waals surface area (Å²) >= 11 is 0. The molecule has 1 unspecified atom stereocenters. The third-order valence-electron chi connectivity index (χ3n) is 3.61. The number of rotatable bonds is 4. The summed E-state index contributed by atoms with van der Waals surface area (Å²) in [6.07, 6.45) is 2.64. The van der Waals surface area contributed by atoms with Crippen LogP contribution in [0.2, 0.25) is 0 Å². The molecule has 2 heterocycles. The second-order valence-electron chi connectivity index (χ2n) is 5.26. The quantitative estimate of drug-likeness (QED) is 0.635. The minimum absolute atomic E-state index is 0.0707. The fourth-order valence-corrected chi connectivity index (χ4v) is 2.37. The second kappa shape index (κ2) is 6.73. The number of nitrogens with zero attached hydrogens (tertiary/aromatic N) is 2. The smallest absolute Gasteiger partial charge is 0.265 e. The van der Waals surface area contributed by atoms with Gasteiger partial charge in [0.05, 0.1) is 12.1 Å². The van der Waals surface area contributed by atoms with Crippen LogP contribution < -0.4 is 15.8 Å². The van der Waals surface area contributed by atoms with E-state index in [1.807, 2.05) is 0 Å². The van der Waals surface area contributed by atoms with Crippen LogP contribution in [0.25, 0.3) is 0 Å². The molecule has 9 heteroatoms. The molecule has 0 radical (unpaired) electrons. The lowest BCUT2D eigenvalue weighted by atomic mass is 10.2. The molecule has 128 valence electrons. The summed E-state index contributed by atoms with van der Waals surface area (Å²) in [5.74, 6) is -4.02. The van der Waals surface area contributed by atoms with E-state index < -0.39 is 35.4 Å². The van der Waals surface area contributed by atoms with Gasteiger partial charge >= 0.3 is 0 Å². The number of aromatic nitrogens is 1. The number of hydrazine groups is 1.